The van der Waals surface area contributed by atoms with E-state index in [-0.39, 0.29) is 5.91 Å². The van der Waals surface area contributed by atoms with Crippen molar-refractivity contribution in [2.24, 2.45) is 0 Å². The van der Waals surface area contributed by atoms with Gasteiger partial charge >= 0.3 is 0 Å². The number of rotatable bonds is 6. The SMILES string of the molecule is CCn1ncc(Br)c1CN(C)C(=O)CCn1nc(C)c(Cl)c1C. The van der Waals surface area contributed by atoms with Crippen molar-refractivity contribution < 1.29 is 4.79 Å². The lowest BCUT2D eigenvalue weighted by molar-refractivity contribution is -0.130. The maximum absolute atomic E-state index is 12.4. The van der Waals surface area contributed by atoms with Crippen LogP contribution in [0.25, 0.3) is 0 Å². The monoisotopic (exact) mass is 401 g/mol. The van der Waals surface area contributed by atoms with Gasteiger partial charge in [0.05, 0.1) is 45.9 Å². The maximum atomic E-state index is 12.4. The molecule has 0 saturated carbocycles. The highest BCUT2D eigenvalue weighted by Gasteiger charge is 2.16. The van der Waals surface area contributed by atoms with Crippen LogP contribution in [0.15, 0.2) is 10.7 Å². The molecule has 2 heterocycles. The third kappa shape index (κ3) is 3.95. The average Bonchev–Trinajstić information content (AvgIpc) is 3.00. The smallest absolute Gasteiger partial charge is 0.224 e. The van der Waals surface area contributed by atoms with Gasteiger partial charge in [-0.25, -0.2) is 0 Å². The van der Waals surface area contributed by atoms with Crippen LogP contribution in [0, 0.1) is 13.8 Å². The van der Waals surface area contributed by atoms with Crippen LogP contribution in [0.4, 0.5) is 0 Å². The molecule has 0 spiro atoms. The molecule has 0 N–H and O–H groups in total. The Bertz CT molecular complexity index is 709. The summed E-state index contributed by atoms with van der Waals surface area (Å²) in [5.74, 6) is 0.0597. The second kappa shape index (κ2) is 7.49. The number of halogens is 2. The molecule has 0 aliphatic rings. The van der Waals surface area contributed by atoms with Crippen molar-refractivity contribution in [1.82, 2.24) is 24.5 Å². The van der Waals surface area contributed by atoms with Gasteiger partial charge in [0.15, 0.2) is 0 Å². The summed E-state index contributed by atoms with van der Waals surface area (Å²) in [5, 5.41) is 9.29. The molecule has 1 amide bonds. The van der Waals surface area contributed by atoms with E-state index in [1.54, 1.807) is 22.8 Å². The van der Waals surface area contributed by atoms with Crippen LogP contribution in [0.2, 0.25) is 5.02 Å². The first-order valence-electron chi connectivity index (χ1n) is 7.48. The molecule has 0 atom stereocenters. The maximum Gasteiger partial charge on any atom is 0.224 e. The summed E-state index contributed by atoms with van der Waals surface area (Å²) in [4.78, 5) is 14.1. The molecule has 23 heavy (non-hydrogen) atoms. The van der Waals surface area contributed by atoms with E-state index in [0.29, 0.717) is 24.5 Å². The molecule has 6 nitrogen and oxygen atoms in total. The summed E-state index contributed by atoms with van der Waals surface area (Å²) in [6.45, 7) is 7.61. The second-order valence-corrected chi connectivity index (χ2v) is 6.70. The summed E-state index contributed by atoms with van der Waals surface area (Å²) in [6.07, 6.45) is 2.14. The quantitative estimate of drug-likeness (QED) is 0.745. The van der Waals surface area contributed by atoms with Crippen LogP contribution < -0.4 is 0 Å². The first-order chi connectivity index (χ1) is 10.8. The lowest BCUT2D eigenvalue weighted by Crippen LogP contribution is -2.28. The van der Waals surface area contributed by atoms with Gasteiger partial charge in [0, 0.05) is 20.0 Å². The van der Waals surface area contributed by atoms with Crippen molar-refractivity contribution in [3.8, 4) is 0 Å². The minimum Gasteiger partial charge on any atom is -0.340 e. The normalized spacial score (nSPS) is 11.0. The van der Waals surface area contributed by atoms with E-state index in [1.165, 1.54) is 0 Å². The van der Waals surface area contributed by atoms with E-state index in [9.17, 15) is 4.79 Å². The van der Waals surface area contributed by atoms with E-state index in [1.807, 2.05) is 25.5 Å². The molecule has 0 radical (unpaired) electrons. The number of hydrogen-bond acceptors (Lipinski definition) is 3. The molecule has 2 aromatic rings. The Morgan fingerprint density at radius 2 is 2.09 bits per heavy atom. The Kier molecular flexibility index (Phi) is 5.86. The molecule has 2 aromatic heterocycles. The number of hydrogen-bond donors (Lipinski definition) is 0. The molecular weight excluding hydrogens is 382 g/mol. The summed E-state index contributed by atoms with van der Waals surface area (Å²) < 4.78 is 4.59. The molecule has 126 valence electrons. The number of aromatic nitrogens is 4. The van der Waals surface area contributed by atoms with Crippen molar-refractivity contribution in [1.29, 1.82) is 0 Å². The van der Waals surface area contributed by atoms with Gasteiger partial charge in [0.2, 0.25) is 5.91 Å². The predicted octanol–water partition coefficient (Wildman–Crippen LogP) is 3.18. The number of carbonyl (C=O) groups excluding carboxylic acids is 1. The number of amides is 1. The number of aryl methyl sites for hydroxylation is 3. The van der Waals surface area contributed by atoms with Crippen LogP contribution in [-0.2, 0) is 24.4 Å². The van der Waals surface area contributed by atoms with Gasteiger partial charge in [-0.05, 0) is 36.7 Å². The molecule has 0 bridgehead atoms. The Balaban J connectivity index is 1.97. The van der Waals surface area contributed by atoms with Crippen molar-refractivity contribution >= 4 is 33.4 Å². The van der Waals surface area contributed by atoms with Gasteiger partial charge in [-0.2, -0.15) is 10.2 Å². The van der Waals surface area contributed by atoms with Crippen molar-refractivity contribution in [2.45, 2.75) is 46.8 Å². The minimum absolute atomic E-state index is 0.0597. The summed E-state index contributed by atoms with van der Waals surface area (Å²) >= 11 is 9.61. The fraction of sp³-hybridized carbons (Fsp3) is 0.533. The van der Waals surface area contributed by atoms with Gasteiger partial charge < -0.3 is 4.90 Å². The number of carbonyl (C=O) groups is 1. The average molecular weight is 403 g/mol. The molecule has 0 aliphatic heterocycles. The van der Waals surface area contributed by atoms with Crippen LogP contribution in [0.1, 0.15) is 30.4 Å². The molecule has 0 saturated heterocycles. The van der Waals surface area contributed by atoms with E-state index in [0.717, 1.165) is 28.1 Å². The van der Waals surface area contributed by atoms with Gasteiger partial charge in [0.25, 0.3) is 0 Å². The lowest BCUT2D eigenvalue weighted by Gasteiger charge is -2.18. The van der Waals surface area contributed by atoms with Gasteiger partial charge in [-0.15, -0.1) is 0 Å². The highest BCUT2D eigenvalue weighted by Crippen LogP contribution is 2.20. The Morgan fingerprint density at radius 1 is 1.39 bits per heavy atom. The van der Waals surface area contributed by atoms with Crippen LogP contribution in [0.3, 0.4) is 0 Å². The molecule has 8 heteroatoms. The molecule has 0 aromatic carbocycles. The molecule has 0 fully saturated rings. The lowest BCUT2D eigenvalue weighted by atomic mass is 10.3. The Morgan fingerprint density at radius 3 is 2.65 bits per heavy atom. The second-order valence-electron chi connectivity index (χ2n) is 5.46. The predicted molar refractivity (Wildman–Crippen MR) is 93.4 cm³/mol. The topological polar surface area (TPSA) is 56.0 Å². The third-order valence-corrected chi connectivity index (χ3v) is 5.05. The van der Waals surface area contributed by atoms with Gasteiger partial charge in [-0.1, -0.05) is 11.6 Å². The first kappa shape index (κ1) is 18.0. The molecular formula is C15H21BrClN5O. The van der Waals surface area contributed by atoms with Crippen molar-refractivity contribution in [2.75, 3.05) is 7.05 Å². The number of nitrogens with zero attached hydrogens (tertiary/aromatic N) is 5. The molecule has 0 unspecified atom stereocenters. The fourth-order valence-corrected chi connectivity index (χ4v) is 2.97. The summed E-state index contributed by atoms with van der Waals surface area (Å²) in [5.41, 5.74) is 2.68. The molecule has 2 rings (SSSR count). The van der Waals surface area contributed by atoms with E-state index in [4.69, 9.17) is 11.6 Å². The molecule has 0 aliphatic carbocycles. The van der Waals surface area contributed by atoms with Gasteiger partial charge in [-0.3, -0.25) is 14.2 Å². The van der Waals surface area contributed by atoms with Crippen LogP contribution in [-0.4, -0.2) is 37.4 Å². The van der Waals surface area contributed by atoms with E-state index in [2.05, 4.69) is 26.1 Å². The standard InChI is InChI=1S/C15H21BrClN5O/c1-5-21-13(12(16)8-18-21)9-20(4)14(23)6-7-22-11(3)15(17)10(2)19-22/h8H,5-7,9H2,1-4H3. The first-order valence-corrected chi connectivity index (χ1v) is 8.65. The highest BCUT2D eigenvalue weighted by molar-refractivity contribution is 9.10. The van der Waals surface area contributed by atoms with Crippen molar-refractivity contribution in [3.63, 3.8) is 0 Å². The van der Waals surface area contributed by atoms with E-state index >= 15 is 0 Å². The minimum atomic E-state index is 0.0597. The van der Waals surface area contributed by atoms with Crippen LogP contribution >= 0.6 is 27.5 Å². The third-order valence-electron chi connectivity index (χ3n) is 3.84. The zero-order valence-electron chi connectivity index (χ0n) is 13.8. The van der Waals surface area contributed by atoms with Gasteiger partial charge in [0.1, 0.15) is 0 Å². The summed E-state index contributed by atoms with van der Waals surface area (Å²) in [7, 11) is 1.80. The summed E-state index contributed by atoms with van der Waals surface area (Å²) in [6, 6.07) is 0. The zero-order valence-corrected chi connectivity index (χ0v) is 16.1. The Labute approximate surface area is 149 Å². The fourth-order valence-electron chi connectivity index (χ4n) is 2.42. The van der Waals surface area contributed by atoms with E-state index < -0.39 is 0 Å². The largest absolute Gasteiger partial charge is 0.340 e. The zero-order chi connectivity index (χ0) is 17.1. The van der Waals surface area contributed by atoms with Crippen LogP contribution in [0.5, 0.6) is 0 Å². The highest BCUT2D eigenvalue weighted by atomic mass is 79.9. The Hall–Kier alpha value is -1.34. The van der Waals surface area contributed by atoms with Crippen molar-refractivity contribution in [3.05, 3.63) is 32.8 Å².